The van der Waals surface area contributed by atoms with Crippen molar-refractivity contribution in [2.24, 2.45) is 0 Å². The van der Waals surface area contributed by atoms with Gasteiger partial charge in [0.05, 0.1) is 32.0 Å². The molecule has 0 bridgehead atoms. The van der Waals surface area contributed by atoms with Gasteiger partial charge in [0.2, 0.25) is 5.95 Å². The fourth-order valence-corrected chi connectivity index (χ4v) is 4.08. The summed E-state index contributed by atoms with van der Waals surface area (Å²) in [7, 11) is 3.24. The second-order valence-electron chi connectivity index (χ2n) is 7.57. The molecule has 0 fully saturated rings. The summed E-state index contributed by atoms with van der Waals surface area (Å²) in [5.41, 5.74) is 6.47. The van der Waals surface area contributed by atoms with Crippen LogP contribution in [0.3, 0.4) is 0 Å². The molecule has 32 heavy (non-hydrogen) atoms. The normalized spacial score (nSPS) is 12.6. The Bertz CT molecular complexity index is 1290. The fraction of sp³-hybridized carbons (Fsp3) is 0.261. The van der Waals surface area contributed by atoms with Gasteiger partial charge in [0.15, 0.2) is 0 Å². The summed E-state index contributed by atoms with van der Waals surface area (Å²) in [5.74, 6) is 0.721. The Morgan fingerprint density at radius 2 is 2.12 bits per heavy atom. The number of H-pyrrole nitrogens is 1. The topological polar surface area (TPSA) is 106 Å². The number of hydrogen-bond donors (Lipinski definition) is 3. The van der Waals surface area contributed by atoms with Crippen molar-refractivity contribution in [1.82, 2.24) is 19.7 Å². The largest absolute Gasteiger partial charge is 0.494 e. The van der Waals surface area contributed by atoms with Crippen LogP contribution in [0.5, 0.6) is 5.75 Å². The highest BCUT2D eigenvalue weighted by Gasteiger charge is 2.20. The van der Waals surface area contributed by atoms with Crippen LogP contribution in [-0.2, 0) is 17.7 Å². The first-order chi connectivity index (χ1) is 15.7. The Hall–Kier alpha value is -3.85. The highest BCUT2D eigenvalue weighted by atomic mass is 16.5. The standard InChI is InChI=1S/C23H24N6O3/c1-31-11-10-29-13-14(12-25-29)22(30)28-23-26-20-17(6-7-19(32-2)21(20)27-23)15-4-3-5-18-16(15)8-9-24-18/h3-7,12-13,24H,8-11H2,1-2H3,(H2,26,27,28,30). The van der Waals surface area contributed by atoms with Gasteiger partial charge in [-0.05, 0) is 35.7 Å². The first-order valence-electron chi connectivity index (χ1n) is 10.4. The predicted octanol–water partition coefficient (Wildman–Crippen LogP) is 3.30. The van der Waals surface area contributed by atoms with E-state index in [0.717, 1.165) is 40.8 Å². The fourth-order valence-electron chi connectivity index (χ4n) is 4.08. The number of amides is 1. The number of fused-ring (bicyclic) bond motifs is 2. The summed E-state index contributed by atoms with van der Waals surface area (Å²) in [6.45, 7) is 2.02. The first-order valence-corrected chi connectivity index (χ1v) is 10.4. The lowest BCUT2D eigenvalue weighted by Crippen LogP contribution is -2.12. The van der Waals surface area contributed by atoms with Gasteiger partial charge in [-0.3, -0.25) is 14.8 Å². The zero-order valence-corrected chi connectivity index (χ0v) is 17.9. The number of aromatic nitrogens is 4. The average molecular weight is 432 g/mol. The smallest absolute Gasteiger partial charge is 0.261 e. The van der Waals surface area contributed by atoms with E-state index < -0.39 is 0 Å². The van der Waals surface area contributed by atoms with E-state index in [1.165, 1.54) is 11.8 Å². The molecule has 1 aliphatic rings. The monoisotopic (exact) mass is 432 g/mol. The molecule has 1 amide bonds. The summed E-state index contributed by atoms with van der Waals surface area (Å²) >= 11 is 0. The first kappa shape index (κ1) is 20.1. The Morgan fingerprint density at radius 1 is 1.22 bits per heavy atom. The Morgan fingerprint density at radius 3 is 2.97 bits per heavy atom. The van der Waals surface area contributed by atoms with E-state index in [0.29, 0.717) is 30.4 Å². The summed E-state index contributed by atoms with van der Waals surface area (Å²) in [4.78, 5) is 20.7. The van der Waals surface area contributed by atoms with Crippen LogP contribution in [0.1, 0.15) is 15.9 Å². The zero-order chi connectivity index (χ0) is 22.1. The van der Waals surface area contributed by atoms with E-state index >= 15 is 0 Å². The molecule has 3 N–H and O–H groups in total. The summed E-state index contributed by atoms with van der Waals surface area (Å²) in [6, 6.07) is 10.2. The van der Waals surface area contributed by atoms with Crippen molar-refractivity contribution in [3.63, 3.8) is 0 Å². The second kappa shape index (κ2) is 8.35. The maximum Gasteiger partial charge on any atom is 0.261 e. The molecule has 0 saturated carbocycles. The van der Waals surface area contributed by atoms with Crippen LogP contribution in [0, 0.1) is 0 Å². The molecule has 0 unspecified atom stereocenters. The predicted molar refractivity (Wildman–Crippen MR) is 122 cm³/mol. The van der Waals surface area contributed by atoms with Crippen molar-refractivity contribution >= 4 is 28.6 Å². The molecule has 9 nitrogen and oxygen atoms in total. The van der Waals surface area contributed by atoms with Crippen LogP contribution in [0.25, 0.3) is 22.2 Å². The molecule has 4 aromatic rings. The van der Waals surface area contributed by atoms with E-state index in [-0.39, 0.29) is 5.91 Å². The van der Waals surface area contributed by atoms with Crippen LogP contribution >= 0.6 is 0 Å². The average Bonchev–Trinajstić information content (AvgIpc) is 3.55. The molecule has 0 radical (unpaired) electrons. The molecule has 0 spiro atoms. The number of hydrogen-bond acceptors (Lipinski definition) is 6. The number of aromatic amines is 1. The molecule has 5 rings (SSSR count). The van der Waals surface area contributed by atoms with E-state index in [9.17, 15) is 4.79 Å². The third kappa shape index (κ3) is 3.56. The minimum Gasteiger partial charge on any atom is -0.494 e. The van der Waals surface area contributed by atoms with Crippen LogP contribution < -0.4 is 15.4 Å². The van der Waals surface area contributed by atoms with Crippen molar-refractivity contribution in [3.05, 3.63) is 53.9 Å². The third-order valence-electron chi connectivity index (χ3n) is 5.64. The highest BCUT2D eigenvalue weighted by Crippen LogP contribution is 2.38. The molecule has 164 valence electrons. The number of ether oxygens (including phenoxy) is 2. The van der Waals surface area contributed by atoms with Gasteiger partial charge in [0, 0.05) is 31.1 Å². The molecule has 2 aromatic carbocycles. The van der Waals surface area contributed by atoms with Gasteiger partial charge in [-0.25, -0.2) is 4.98 Å². The molecule has 1 aliphatic heterocycles. The van der Waals surface area contributed by atoms with Gasteiger partial charge in [-0.2, -0.15) is 5.10 Å². The number of rotatable bonds is 7. The quantitative estimate of drug-likeness (QED) is 0.414. The van der Waals surface area contributed by atoms with Crippen molar-refractivity contribution in [3.8, 4) is 16.9 Å². The lowest BCUT2D eigenvalue weighted by molar-refractivity contribution is 0.102. The summed E-state index contributed by atoms with van der Waals surface area (Å²) < 4.78 is 12.3. The minimum atomic E-state index is -0.293. The number of benzene rings is 2. The number of anilines is 2. The lowest BCUT2D eigenvalue weighted by atomic mass is 9.96. The number of carbonyl (C=O) groups is 1. The molecule has 0 aliphatic carbocycles. The van der Waals surface area contributed by atoms with Crippen molar-refractivity contribution in [1.29, 1.82) is 0 Å². The second-order valence-corrected chi connectivity index (χ2v) is 7.57. The van der Waals surface area contributed by atoms with Crippen LogP contribution in [0.4, 0.5) is 11.6 Å². The maximum atomic E-state index is 12.7. The molecule has 9 heteroatoms. The minimum absolute atomic E-state index is 0.293. The molecule has 3 heterocycles. The van der Waals surface area contributed by atoms with Crippen LogP contribution in [0.15, 0.2) is 42.7 Å². The van der Waals surface area contributed by atoms with Crippen molar-refractivity contribution in [2.45, 2.75) is 13.0 Å². The SMILES string of the molecule is COCCn1cc(C(=O)Nc2nc3c(-c4cccc5c4CCN5)ccc(OC)c3[nH]2)cn1. The number of methoxy groups -OCH3 is 2. The molecule has 0 atom stereocenters. The number of nitrogens with zero attached hydrogens (tertiary/aromatic N) is 3. The summed E-state index contributed by atoms with van der Waals surface area (Å²) in [5, 5.41) is 10.5. The van der Waals surface area contributed by atoms with Crippen LogP contribution in [0.2, 0.25) is 0 Å². The number of nitrogens with one attached hydrogen (secondary N) is 3. The van der Waals surface area contributed by atoms with E-state index in [4.69, 9.17) is 14.5 Å². The van der Waals surface area contributed by atoms with Crippen LogP contribution in [-0.4, -0.2) is 53.0 Å². The van der Waals surface area contributed by atoms with Gasteiger partial charge < -0.3 is 19.8 Å². The van der Waals surface area contributed by atoms with Crippen molar-refractivity contribution in [2.75, 3.05) is 38.0 Å². The molecule has 0 saturated heterocycles. The van der Waals surface area contributed by atoms with E-state index in [1.54, 1.807) is 25.1 Å². The highest BCUT2D eigenvalue weighted by molar-refractivity contribution is 6.05. The van der Waals surface area contributed by atoms with Gasteiger partial charge in [0.1, 0.15) is 16.8 Å². The number of carbonyl (C=O) groups excluding carboxylic acids is 1. The Balaban J connectivity index is 1.49. The molecular weight excluding hydrogens is 408 g/mol. The van der Waals surface area contributed by atoms with Gasteiger partial charge in [0.25, 0.3) is 5.91 Å². The maximum absolute atomic E-state index is 12.7. The lowest BCUT2D eigenvalue weighted by Gasteiger charge is -2.10. The van der Waals surface area contributed by atoms with Gasteiger partial charge in [-0.1, -0.05) is 12.1 Å². The summed E-state index contributed by atoms with van der Waals surface area (Å²) in [6.07, 6.45) is 4.17. The zero-order valence-electron chi connectivity index (χ0n) is 17.9. The Labute approximate surface area is 184 Å². The third-order valence-corrected chi connectivity index (χ3v) is 5.64. The Kier molecular flexibility index (Phi) is 5.24. The number of imidazole rings is 1. The van der Waals surface area contributed by atoms with Gasteiger partial charge in [-0.15, -0.1) is 0 Å². The molecular formula is C23H24N6O3. The van der Waals surface area contributed by atoms with Gasteiger partial charge >= 0.3 is 0 Å². The van der Waals surface area contributed by atoms with E-state index in [1.807, 2.05) is 18.2 Å². The van der Waals surface area contributed by atoms with E-state index in [2.05, 4.69) is 32.8 Å². The molecule has 2 aromatic heterocycles. The van der Waals surface area contributed by atoms with Crippen molar-refractivity contribution < 1.29 is 14.3 Å².